The molecule has 0 amide bonds. The van der Waals surface area contributed by atoms with Gasteiger partial charge in [-0.05, 0) is 44.8 Å². The molecule has 0 aliphatic heterocycles. The minimum Gasteiger partial charge on any atom is -0.205 e. The van der Waals surface area contributed by atoms with Gasteiger partial charge in [0.25, 0.3) is 0 Å². The minimum absolute atomic E-state index is 0.0197. The summed E-state index contributed by atoms with van der Waals surface area (Å²) in [6.45, 7) is 1.39. The molecular formula is C7H4Br2F2. The molecule has 0 N–H and O–H groups in total. The van der Waals surface area contributed by atoms with Gasteiger partial charge in [-0.3, -0.25) is 0 Å². The van der Waals surface area contributed by atoms with Gasteiger partial charge in [0.2, 0.25) is 0 Å². The zero-order chi connectivity index (χ0) is 8.59. The number of halogens is 4. The largest absolute Gasteiger partial charge is 0.205 e. The maximum atomic E-state index is 12.9. The van der Waals surface area contributed by atoms with Crippen LogP contribution in [-0.2, 0) is 0 Å². The van der Waals surface area contributed by atoms with Crippen LogP contribution in [0.4, 0.5) is 8.78 Å². The highest BCUT2D eigenvalue weighted by molar-refractivity contribution is 9.11. The van der Waals surface area contributed by atoms with Crippen LogP contribution in [-0.4, -0.2) is 0 Å². The average molecular weight is 286 g/mol. The second kappa shape index (κ2) is 3.19. The molecule has 0 nitrogen and oxygen atoms in total. The summed E-state index contributed by atoms with van der Waals surface area (Å²) < 4.78 is 26.3. The van der Waals surface area contributed by atoms with Crippen LogP contribution >= 0.6 is 31.9 Å². The first-order valence-corrected chi connectivity index (χ1v) is 4.42. The molecule has 0 saturated carbocycles. The molecule has 0 saturated heterocycles. The van der Waals surface area contributed by atoms with Gasteiger partial charge in [0.15, 0.2) is 0 Å². The van der Waals surface area contributed by atoms with Crippen molar-refractivity contribution in [2.45, 2.75) is 6.92 Å². The second-order valence-electron chi connectivity index (χ2n) is 2.09. The van der Waals surface area contributed by atoms with Crippen molar-refractivity contribution in [1.29, 1.82) is 0 Å². The van der Waals surface area contributed by atoms with Crippen LogP contribution in [0.25, 0.3) is 0 Å². The normalized spacial score (nSPS) is 10.3. The summed E-state index contributed by atoms with van der Waals surface area (Å²) in [6.07, 6.45) is 0. The van der Waals surface area contributed by atoms with E-state index < -0.39 is 11.6 Å². The Bertz CT molecular complexity index is 271. The van der Waals surface area contributed by atoms with Gasteiger partial charge in [-0.2, -0.15) is 0 Å². The van der Waals surface area contributed by atoms with Crippen molar-refractivity contribution in [3.63, 3.8) is 0 Å². The highest BCUT2D eigenvalue weighted by Gasteiger charge is 2.11. The van der Waals surface area contributed by atoms with Crippen LogP contribution in [0.3, 0.4) is 0 Å². The highest BCUT2D eigenvalue weighted by Crippen LogP contribution is 2.27. The summed E-state index contributed by atoms with van der Waals surface area (Å²) in [6, 6.07) is 1.34. The summed E-state index contributed by atoms with van der Waals surface area (Å²) in [7, 11) is 0. The van der Waals surface area contributed by atoms with E-state index in [1.807, 2.05) is 0 Å². The maximum Gasteiger partial charge on any atom is 0.143 e. The molecule has 0 fully saturated rings. The van der Waals surface area contributed by atoms with Gasteiger partial charge in [-0.1, -0.05) is 0 Å². The highest BCUT2D eigenvalue weighted by atomic mass is 79.9. The molecule has 0 spiro atoms. The summed E-state index contributed by atoms with van der Waals surface area (Å²) >= 11 is 5.92. The predicted molar refractivity (Wildman–Crippen MR) is 46.5 cm³/mol. The number of hydrogen-bond donors (Lipinski definition) is 0. The summed E-state index contributed by atoms with van der Waals surface area (Å²) in [5, 5.41) is 0. The van der Waals surface area contributed by atoms with E-state index in [1.165, 1.54) is 13.0 Å². The van der Waals surface area contributed by atoms with E-state index >= 15 is 0 Å². The molecule has 0 atom stereocenters. The van der Waals surface area contributed by atoms with E-state index in [-0.39, 0.29) is 14.5 Å². The second-order valence-corrected chi connectivity index (χ2v) is 3.80. The third-order valence-electron chi connectivity index (χ3n) is 1.33. The molecule has 0 aromatic heterocycles. The molecule has 1 aromatic carbocycles. The van der Waals surface area contributed by atoms with Crippen LogP contribution < -0.4 is 0 Å². The lowest BCUT2D eigenvalue weighted by Gasteiger charge is -2.02. The Morgan fingerprint density at radius 1 is 1.09 bits per heavy atom. The lowest BCUT2D eigenvalue weighted by Crippen LogP contribution is -1.90. The molecule has 0 aliphatic rings. The summed E-state index contributed by atoms with van der Waals surface area (Å²) in [4.78, 5) is 0. The van der Waals surface area contributed by atoms with Crippen LogP contribution in [0.15, 0.2) is 15.0 Å². The SMILES string of the molecule is Cc1c(F)c(Br)cc(Br)c1F. The van der Waals surface area contributed by atoms with Crippen LogP contribution in [0.2, 0.25) is 0 Å². The van der Waals surface area contributed by atoms with E-state index in [0.717, 1.165) is 0 Å². The Morgan fingerprint density at radius 3 is 1.82 bits per heavy atom. The van der Waals surface area contributed by atoms with E-state index in [4.69, 9.17) is 0 Å². The van der Waals surface area contributed by atoms with Crippen molar-refractivity contribution < 1.29 is 8.78 Å². The number of hydrogen-bond acceptors (Lipinski definition) is 0. The minimum atomic E-state index is -0.550. The number of benzene rings is 1. The topological polar surface area (TPSA) is 0 Å². The van der Waals surface area contributed by atoms with Crippen molar-refractivity contribution in [3.05, 3.63) is 32.2 Å². The van der Waals surface area contributed by atoms with Gasteiger partial charge in [-0.15, -0.1) is 0 Å². The molecule has 0 heterocycles. The lowest BCUT2D eigenvalue weighted by atomic mass is 10.2. The van der Waals surface area contributed by atoms with Gasteiger partial charge in [0.1, 0.15) is 11.6 Å². The van der Waals surface area contributed by atoms with E-state index in [9.17, 15) is 8.78 Å². The average Bonchev–Trinajstić information content (AvgIpc) is 1.97. The Morgan fingerprint density at radius 2 is 1.45 bits per heavy atom. The Hall–Kier alpha value is 0.0400. The molecule has 11 heavy (non-hydrogen) atoms. The van der Waals surface area contributed by atoms with Crippen LogP contribution in [0.1, 0.15) is 5.56 Å². The van der Waals surface area contributed by atoms with Crippen molar-refractivity contribution >= 4 is 31.9 Å². The molecular weight excluding hydrogens is 282 g/mol. The zero-order valence-electron chi connectivity index (χ0n) is 5.59. The van der Waals surface area contributed by atoms with E-state index in [1.54, 1.807) is 0 Å². The molecule has 60 valence electrons. The smallest absolute Gasteiger partial charge is 0.143 e. The molecule has 0 bridgehead atoms. The van der Waals surface area contributed by atoms with Crippen LogP contribution in [0, 0.1) is 18.6 Å². The Kier molecular flexibility index (Phi) is 2.65. The van der Waals surface area contributed by atoms with Crippen molar-refractivity contribution in [1.82, 2.24) is 0 Å². The molecule has 0 radical (unpaired) electrons. The first-order valence-electron chi connectivity index (χ1n) is 2.83. The van der Waals surface area contributed by atoms with Crippen molar-refractivity contribution in [3.8, 4) is 0 Å². The molecule has 4 heteroatoms. The van der Waals surface area contributed by atoms with Gasteiger partial charge in [0, 0.05) is 5.56 Å². The first kappa shape index (κ1) is 9.13. The zero-order valence-corrected chi connectivity index (χ0v) is 8.76. The van der Waals surface area contributed by atoms with E-state index in [2.05, 4.69) is 31.9 Å². The number of rotatable bonds is 0. The third-order valence-corrected chi connectivity index (χ3v) is 2.49. The van der Waals surface area contributed by atoms with Gasteiger partial charge >= 0.3 is 0 Å². The first-order chi connectivity index (χ1) is 5.04. The van der Waals surface area contributed by atoms with Crippen molar-refractivity contribution in [2.75, 3.05) is 0 Å². The third kappa shape index (κ3) is 1.62. The molecule has 1 aromatic rings. The van der Waals surface area contributed by atoms with Crippen LogP contribution in [0.5, 0.6) is 0 Å². The lowest BCUT2D eigenvalue weighted by molar-refractivity contribution is 0.559. The van der Waals surface area contributed by atoms with Crippen molar-refractivity contribution in [2.24, 2.45) is 0 Å². The van der Waals surface area contributed by atoms with E-state index in [0.29, 0.717) is 0 Å². The molecule has 0 unspecified atom stereocenters. The monoisotopic (exact) mass is 284 g/mol. The fourth-order valence-electron chi connectivity index (χ4n) is 0.693. The quantitative estimate of drug-likeness (QED) is 0.636. The summed E-state index contributed by atoms with van der Waals surface area (Å²) in [5.41, 5.74) is 0.0197. The fourth-order valence-corrected chi connectivity index (χ4v) is 2.05. The maximum absolute atomic E-state index is 12.9. The predicted octanol–water partition coefficient (Wildman–Crippen LogP) is 3.80. The van der Waals surface area contributed by atoms with Gasteiger partial charge < -0.3 is 0 Å². The molecule has 1 rings (SSSR count). The van der Waals surface area contributed by atoms with Gasteiger partial charge in [-0.25, -0.2) is 8.78 Å². The summed E-state index contributed by atoms with van der Waals surface area (Å²) in [5.74, 6) is -1.10. The molecule has 0 aliphatic carbocycles. The van der Waals surface area contributed by atoms with Gasteiger partial charge in [0.05, 0.1) is 8.95 Å². The fraction of sp³-hybridized carbons (Fsp3) is 0.143. The standard InChI is InChI=1S/C7H4Br2F2/c1-3-6(10)4(8)2-5(9)7(3)11/h2H,1H3. The Balaban J connectivity index is 3.46. The Labute approximate surface area is 79.9 Å².